The molecule has 0 saturated heterocycles. The third-order valence-electron chi connectivity index (χ3n) is 4.58. The maximum atomic E-state index is 12.8. The monoisotopic (exact) mass is 358 g/mol. The third-order valence-corrected chi connectivity index (χ3v) is 4.58. The number of alkyl halides is 6. The topological polar surface area (TPSA) is 46.5 Å². The highest BCUT2D eigenvalue weighted by Crippen LogP contribution is 2.55. The Balaban J connectivity index is 2.13. The Bertz CT molecular complexity index is 561. The van der Waals surface area contributed by atoms with Crippen molar-refractivity contribution in [1.29, 1.82) is 0 Å². The lowest BCUT2D eigenvalue weighted by molar-refractivity contribution is -0.373. The lowest BCUT2D eigenvalue weighted by Crippen LogP contribution is -2.58. The number of hydrogen-bond acceptors (Lipinski definition) is 3. The summed E-state index contributed by atoms with van der Waals surface area (Å²) >= 11 is 0. The van der Waals surface area contributed by atoms with E-state index in [2.05, 4.69) is 6.58 Å². The number of ether oxygens (including phenoxy) is 1. The zero-order valence-corrected chi connectivity index (χ0v) is 12.7. The highest BCUT2D eigenvalue weighted by molar-refractivity contribution is 5.87. The van der Waals surface area contributed by atoms with E-state index in [9.17, 15) is 36.2 Å². The molecular formula is C15H16F6O3. The molecule has 2 bridgehead atoms. The standard InChI is InChI=1S/C15H16F6O3/c1-7(2)12(22)24-11-5-8-3-9(11)4-10(8)6-13(23,14(16,17)18)15(19,20)21/h5,8-10,23H,1,3-4,6H2,2H3. The van der Waals surface area contributed by atoms with Crippen molar-refractivity contribution in [3.8, 4) is 0 Å². The van der Waals surface area contributed by atoms with Gasteiger partial charge in [-0.2, -0.15) is 26.3 Å². The first-order chi connectivity index (χ1) is 10.8. The second kappa shape index (κ2) is 5.79. The van der Waals surface area contributed by atoms with Crippen LogP contribution in [0.5, 0.6) is 0 Å². The molecule has 9 heteroatoms. The van der Waals surface area contributed by atoms with E-state index >= 15 is 0 Å². The molecule has 1 N–H and O–H groups in total. The van der Waals surface area contributed by atoms with Crippen LogP contribution < -0.4 is 0 Å². The van der Waals surface area contributed by atoms with Gasteiger partial charge in [-0.3, -0.25) is 0 Å². The molecule has 2 aliphatic carbocycles. The second-order valence-corrected chi connectivity index (χ2v) is 6.39. The quantitative estimate of drug-likeness (QED) is 0.471. The lowest BCUT2D eigenvalue weighted by Gasteiger charge is -2.35. The van der Waals surface area contributed by atoms with Crippen LogP contribution in [0, 0.1) is 17.8 Å². The van der Waals surface area contributed by atoms with Gasteiger partial charge in [0.05, 0.1) is 0 Å². The number of halogens is 6. The summed E-state index contributed by atoms with van der Waals surface area (Å²) in [5.74, 6) is -2.44. The summed E-state index contributed by atoms with van der Waals surface area (Å²) < 4.78 is 81.6. The van der Waals surface area contributed by atoms with Crippen LogP contribution in [-0.2, 0) is 9.53 Å². The first-order valence-corrected chi connectivity index (χ1v) is 7.21. The van der Waals surface area contributed by atoms with Gasteiger partial charge in [0, 0.05) is 11.5 Å². The summed E-state index contributed by atoms with van der Waals surface area (Å²) in [5, 5.41) is 9.29. The van der Waals surface area contributed by atoms with Crippen LogP contribution in [0.3, 0.4) is 0 Å². The number of aliphatic hydroxyl groups is 1. The Morgan fingerprint density at radius 2 is 1.79 bits per heavy atom. The fourth-order valence-corrected chi connectivity index (χ4v) is 3.26. The van der Waals surface area contributed by atoms with Gasteiger partial charge >= 0.3 is 18.3 Å². The van der Waals surface area contributed by atoms with E-state index in [1.165, 1.54) is 13.0 Å². The Morgan fingerprint density at radius 1 is 1.25 bits per heavy atom. The molecule has 0 aromatic heterocycles. The van der Waals surface area contributed by atoms with E-state index in [0.717, 1.165) is 0 Å². The van der Waals surface area contributed by atoms with E-state index < -0.39 is 48.1 Å². The first kappa shape index (κ1) is 18.8. The molecule has 0 aliphatic heterocycles. The molecule has 0 heterocycles. The molecule has 136 valence electrons. The number of carbonyl (C=O) groups is 1. The van der Waals surface area contributed by atoms with Crippen LogP contribution in [-0.4, -0.2) is 29.0 Å². The smallest absolute Gasteiger partial charge is 0.426 e. The van der Waals surface area contributed by atoms with E-state index in [-0.39, 0.29) is 17.8 Å². The van der Waals surface area contributed by atoms with Gasteiger partial charge in [0.25, 0.3) is 5.60 Å². The molecule has 3 nitrogen and oxygen atoms in total. The van der Waals surface area contributed by atoms with Crippen LogP contribution in [0.4, 0.5) is 26.3 Å². The van der Waals surface area contributed by atoms with Gasteiger partial charge in [-0.15, -0.1) is 0 Å². The minimum Gasteiger partial charge on any atom is -0.428 e. The molecule has 0 amide bonds. The van der Waals surface area contributed by atoms with E-state index in [1.807, 2.05) is 0 Å². The van der Waals surface area contributed by atoms with Gasteiger partial charge in [0.2, 0.25) is 0 Å². The van der Waals surface area contributed by atoms with Crippen molar-refractivity contribution in [2.75, 3.05) is 0 Å². The Hall–Kier alpha value is -1.51. The average molecular weight is 358 g/mol. The highest BCUT2D eigenvalue weighted by atomic mass is 19.4. The summed E-state index contributed by atoms with van der Waals surface area (Å²) in [6.45, 7) is 4.81. The van der Waals surface area contributed by atoms with Gasteiger partial charge in [0.1, 0.15) is 5.76 Å². The molecule has 1 fully saturated rings. The molecule has 2 rings (SSSR count). The minimum absolute atomic E-state index is 0.00552. The lowest BCUT2D eigenvalue weighted by atomic mass is 9.81. The fourth-order valence-electron chi connectivity index (χ4n) is 3.26. The van der Waals surface area contributed by atoms with Crippen molar-refractivity contribution in [1.82, 2.24) is 0 Å². The Kier molecular flexibility index (Phi) is 4.54. The molecular weight excluding hydrogens is 342 g/mol. The SMILES string of the molecule is C=C(C)C(=O)OC1=CC2CC1CC2CC(O)(C(F)(F)F)C(F)(F)F. The predicted octanol–water partition coefficient (Wildman–Crippen LogP) is 3.89. The summed E-state index contributed by atoms with van der Waals surface area (Å²) in [5.41, 5.74) is -4.60. The maximum absolute atomic E-state index is 12.8. The molecule has 3 unspecified atom stereocenters. The number of rotatable bonds is 4. The normalized spacial score (nSPS) is 27.2. The Labute approximate surface area is 134 Å². The van der Waals surface area contributed by atoms with E-state index in [1.54, 1.807) is 0 Å². The minimum atomic E-state index is -5.81. The number of allylic oxidation sites excluding steroid dienone is 2. The van der Waals surface area contributed by atoms with Crippen molar-refractivity contribution in [2.45, 2.75) is 44.1 Å². The zero-order chi connectivity index (χ0) is 18.5. The van der Waals surface area contributed by atoms with Gasteiger partial charge in [0.15, 0.2) is 0 Å². The van der Waals surface area contributed by atoms with Crippen LogP contribution in [0.1, 0.15) is 26.2 Å². The van der Waals surface area contributed by atoms with Gasteiger partial charge in [-0.25, -0.2) is 4.79 Å². The fraction of sp³-hybridized carbons (Fsp3) is 0.667. The molecule has 0 spiro atoms. The Morgan fingerprint density at radius 3 is 2.17 bits per heavy atom. The molecule has 0 aromatic carbocycles. The van der Waals surface area contributed by atoms with Crippen molar-refractivity contribution < 1.29 is 41.0 Å². The summed E-state index contributed by atoms with van der Waals surface area (Å²) in [4.78, 5) is 11.4. The largest absolute Gasteiger partial charge is 0.428 e. The number of fused-ring (bicyclic) bond motifs is 2. The highest BCUT2D eigenvalue weighted by Gasteiger charge is 2.71. The third kappa shape index (κ3) is 3.18. The predicted molar refractivity (Wildman–Crippen MR) is 70.4 cm³/mol. The van der Waals surface area contributed by atoms with Crippen molar-refractivity contribution in [2.24, 2.45) is 17.8 Å². The zero-order valence-electron chi connectivity index (χ0n) is 12.7. The summed E-state index contributed by atoms with van der Waals surface area (Å²) in [6, 6.07) is 0. The van der Waals surface area contributed by atoms with Crippen LogP contribution in [0.25, 0.3) is 0 Å². The molecule has 0 aromatic rings. The first-order valence-electron chi connectivity index (χ1n) is 7.21. The van der Waals surface area contributed by atoms with Crippen molar-refractivity contribution >= 4 is 5.97 Å². The number of esters is 1. The van der Waals surface area contributed by atoms with Crippen molar-refractivity contribution in [3.63, 3.8) is 0 Å². The summed E-state index contributed by atoms with van der Waals surface area (Å²) in [7, 11) is 0. The van der Waals surface area contributed by atoms with Crippen LogP contribution in [0.2, 0.25) is 0 Å². The molecule has 2 aliphatic rings. The molecule has 24 heavy (non-hydrogen) atoms. The van der Waals surface area contributed by atoms with Gasteiger partial charge < -0.3 is 9.84 Å². The van der Waals surface area contributed by atoms with E-state index in [0.29, 0.717) is 6.42 Å². The van der Waals surface area contributed by atoms with Gasteiger partial charge in [-0.1, -0.05) is 6.58 Å². The molecule has 0 radical (unpaired) electrons. The van der Waals surface area contributed by atoms with Crippen LogP contribution in [0.15, 0.2) is 24.0 Å². The second-order valence-electron chi connectivity index (χ2n) is 6.39. The van der Waals surface area contributed by atoms with Crippen LogP contribution >= 0.6 is 0 Å². The van der Waals surface area contributed by atoms with E-state index in [4.69, 9.17) is 4.74 Å². The molecule has 1 saturated carbocycles. The summed E-state index contributed by atoms with van der Waals surface area (Å²) in [6.07, 6.45) is -11.4. The number of carbonyl (C=O) groups excluding carboxylic acids is 1. The maximum Gasteiger partial charge on any atom is 0.426 e. The van der Waals surface area contributed by atoms with Gasteiger partial charge in [-0.05, 0) is 44.1 Å². The van der Waals surface area contributed by atoms with Crippen molar-refractivity contribution in [3.05, 3.63) is 24.0 Å². The molecule has 3 atom stereocenters. The number of hydrogen-bond donors (Lipinski definition) is 1. The average Bonchev–Trinajstić information content (AvgIpc) is 2.95.